The van der Waals surface area contributed by atoms with Crippen LogP contribution in [-0.4, -0.2) is 35.8 Å². The molecular formula is C11H19N2O2+. The number of amides is 1. The first-order chi connectivity index (χ1) is 6.88. The molecule has 15 heavy (non-hydrogen) atoms. The normalized spacial score (nSPS) is 29.9. The lowest BCUT2D eigenvalue weighted by Gasteiger charge is -2.26. The van der Waals surface area contributed by atoms with E-state index in [-0.39, 0.29) is 6.09 Å². The quantitative estimate of drug-likeness (QED) is 0.618. The topological polar surface area (TPSA) is 38.3 Å². The summed E-state index contributed by atoms with van der Waals surface area (Å²) >= 11 is 0. The lowest BCUT2D eigenvalue weighted by Crippen LogP contribution is -2.49. The van der Waals surface area contributed by atoms with Crippen molar-refractivity contribution < 1.29 is 14.0 Å². The van der Waals surface area contributed by atoms with E-state index in [1.165, 1.54) is 5.70 Å². The number of hydrogen-bond donors (Lipinski definition) is 1. The minimum atomic E-state index is -0.400. The predicted octanol–water partition coefficient (Wildman–Crippen LogP) is 1.59. The smallest absolute Gasteiger partial charge is 0.414 e. The number of quaternary nitrogens is 1. The van der Waals surface area contributed by atoms with Gasteiger partial charge in [0.2, 0.25) is 0 Å². The summed E-state index contributed by atoms with van der Waals surface area (Å²) < 4.78 is 5.84. The molecule has 1 unspecified atom stereocenters. The van der Waals surface area contributed by atoms with Crippen LogP contribution in [0.3, 0.4) is 0 Å². The molecule has 0 saturated carbocycles. The van der Waals surface area contributed by atoms with Crippen LogP contribution in [0.2, 0.25) is 0 Å². The van der Waals surface area contributed by atoms with Crippen molar-refractivity contribution in [2.75, 3.05) is 19.6 Å². The first-order valence-corrected chi connectivity index (χ1v) is 5.41. The number of hydrogen-bond acceptors (Lipinski definition) is 3. The third kappa shape index (κ3) is 1.58. The summed E-state index contributed by atoms with van der Waals surface area (Å²) in [6.07, 6.45) is -0.114. The van der Waals surface area contributed by atoms with Crippen molar-refractivity contribution in [2.24, 2.45) is 0 Å². The Morgan fingerprint density at radius 2 is 2.13 bits per heavy atom. The Morgan fingerprint density at radius 1 is 1.47 bits per heavy atom. The monoisotopic (exact) mass is 211 g/mol. The van der Waals surface area contributed by atoms with Crippen molar-refractivity contribution in [3.8, 4) is 0 Å². The molecule has 2 rings (SSSR count). The molecule has 0 aromatic rings. The molecule has 0 aromatic carbocycles. The second-order valence-electron chi connectivity index (χ2n) is 5.22. The molecule has 2 aliphatic rings. The van der Waals surface area contributed by atoms with Crippen molar-refractivity contribution in [2.45, 2.75) is 33.3 Å². The summed E-state index contributed by atoms with van der Waals surface area (Å²) in [5, 5.41) is 3.27. The van der Waals surface area contributed by atoms with Gasteiger partial charge in [-0.3, -0.25) is 0 Å². The first-order valence-electron chi connectivity index (χ1n) is 5.41. The summed E-state index contributed by atoms with van der Waals surface area (Å²) in [6.45, 7) is 10.2. The van der Waals surface area contributed by atoms with E-state index in [0.717, 1.165) is 25.3 Å². The Labute approximate surface area is 90.5 Å². The third-order valence-electron chi connectivity index (χ3n) is 3.02. The van der Waals surface area contributed by atoms with Gasteiger partial charge in [-0.25, -0.2) is 0 Å². The van der Waals surface area contributed by atoms with Gasteiger partial charge in [-0.05, 0) is 20.8 Å². The molecule has 1 fully saturated rings. The van der Waals surface area contributed by atoms with Crippen LogP contribution in [0, 0.1) is 0 Å². The number of allylic oxidation sites excluding steroid dienone is 1. The van der Waals surface area contributed by atoms with E-state index in [9.17, 15) is 4.79 Å². The molecule has 4 nitrogen and oxygen atoms in total. The number of rotatable bonds is 0. The van der Waals surface area contributed by atoms with E-state index in [2.05, 4.69) is 5.32 Å². The van der Waals surface area contributed by atoms with Gasteiger partial charge in [-0.15, -0.1) is 0 Å². The highest BCUT2D eigenvalue weighted by Crippen LogP contribution is 2.45. The molecule has 0 radical (unpaired) electrons. The van der Waals surface area contributed by atoms with Crippen LogP contribution in [0.25, 0.3) is 0 Å². The number of carbonyl (C=O) groups is 1. The largest absolute Gasteiger partial charge is 0.526 e. The second-order valence-corrected chi connectivity index (χ2v) is 5.22. The number of carbonyl (C=O) groups excluding carboxylic acids is 1. The molecule has 1 atom stereocenters. The zero-order chi connectivity index (χ0) is 11.3. The van der Waals surface area contributed by atoms with Gasteiger partial charge in [0.15, 0.2) is 11.4 Å². The number of nitrogens with one attached hydrogen (secondary N) is 1. The minimum absolute atomic E-state index is 0.114. The Hall–Kier alpha value is -0.870. The highest BCUT2D eigenvalue weighted by molar-refractivity contribution is 5.67. The summed E-state index contributed by atoms with van der Waals surface area (Å²) in [5.74, 6) is 0. The average Bonchev–Trinajstić information content (AvgIpc) is 2.72. The van der Waals surface area contributed by atoms with Crippen molar-refractivity contribution >= 4 is 6.09 Å². The molecule has 0 bridgehead atoms. The maximum absolute atomic E-state index is 12.1. The van der Waals surface area contributed by atoms with E-state index < -0.39 is 5.60 Å². The fourth-order valence-corrected chi connectivity index (χ4v) is 2.16. The Balaban J connectivity index is 2.09. The summed E-state index contributed by atoms with van der Waals surface area (Å²) in [5.41, 5.74) is 1.95. The van der Waals surface area contributed by atoms with Crippen molar-refractivity contribution in [3.63, 3.8) is 0 Å². The molecule has 1 amide bonds. The third-order valence-corrected chi connectivity index (χ3v) is 3.02. The van der Waals surface area contributed by atoms with Crippen LogP contribution in [0.4, 0.5) is 4.79 Å². The molecule has 2 aliphatic heterocycles. The molecule has 0 aromatic heterocycles. The fourth-order valence-electron chi connectivity index (χ4n) is 2.16. The van der Waals surface area contributed by atoms with Crippen LogP contribution < -0.4 is 5.32 Å². The van der Waals surface area contributed by atoms with Crippen LogP contribution in [0.1, 0.15) is 27.7 Å². The minimum Gasteiger partial charge on any atom is -0.414 e. The number of ether oxygens (including phenoxy) is 1. The van der Waals surface area contributed by atoms with Crippen LogP contribution >= 0.6 is 0 Å². The highest BCUT2D eigenvalue weighted by atomic mass is 16.6. The van der Waals surface area contributed by atoms with Crippen molar-refractivity contribution in [3.05, 3.63) is 11.4 Å². The van der Waals surface area contributed by atoms with Gasteiger partial charge < -0.3 is 10.1 Å². The summed E-state index contributed by atoms with van der Waals surface area (Å²) in [7, 11) is 0. The zero-order valence-corrected chi connectivity index (χ0v) is 9.89. The maximum atomic E-state index is 12.1. The Kier molecular flexibility index (Phi) is 2.17. The lowest BCUT2D eigenvalue weighted by atomic mass is 10.2. The van der Waals surface area contributed by atoms with E-state index in [1.807, 2.05) is 27.7 Å². The molecule has 1 N–H and O–H groups in total. The molecule has 1 saturated heterocycles. The predicted molar refractivity (Wildman–Crippen MR) is 56.9 cm³/mol. The van der Waals surface area contributed by atoms with Gasteiger partial charge in [-0.1, -0.05) is 0 Å². The van der Waals surface area contributed by atoms with Crippen LogP contribution in [0.15, 0.2) is 11.4 Å². The zero-order valence-electron chi connectivity index (χ0n) is 9.89. The molecular weight excluding hydrogens is 192 g/mol. The maximum Gasteiger partial charge on any atom is 0.526 e. The van der Waals surface area contributed by atoms with Gasteiger partial charge in [0, 0.05) is 13.5 Å². The van der Waals surface area contributed by atoms with Crippen LogP contribution in [0.5, 0.6) is 0 Å². The number of nitrogens with zero attached hydrogens (tertiary/aromatic N) is 1. The number of piperazine rings is 1. The van der Waals surface area contributed by atoms with Crippen molar-refractivity contribution in [1.29, 1.82) is 0 Å². The molecule has 84 valence electrons. The van der Waals surface area contributed by atoms with Gasteiger partial charge in [0.1, 0.15) is 12.1 Å². The van der Waals surface area contributed by atoms with Crippen molar-refractivity contribution in [1.82, 2.24) is 5.32 Å². The lowest BCUT2D eigenvalue weighted by molar-refractivity contribution is -0.714. The van der Waals surface area contributed by atoms with Gasteiger partial charge in [0.25, 0.3) is 0 Å². The Bertz CT molecular complexity index is 341. The molecule has 0 aliphatic carbocycles. The van der Waals surface area contributed by atoms with E-state index in [0.29, 0.717) is 4.48 Å². The van der Waals surface area contributed by atoms with Gasteiger partial charge in [0.05, 0.1) is 6.54 Å². The Morgan fingerprint density at radius 3 is 2.67 bits per heavy atom. The summed E-state index contributed by atoms with van der Waals surface area (Å²) in [4.78, 5) is 12.1. The molecule has 0 spiro atoms. The fraction of sp³-hybridized carbons (Fsp3) is 0.727. The first kappa shape index (κ1) is 10.6. The van der Waals surface area contributed by atoms with Gasteiger partial charge in [-0.2, -0.15) is 9.28 Å². The van der Waals surface area contributed by atoms with Gasteiger partial charge >= 0.3 is 6.09 Å². The second kappa shape index (κ2) is 3.06. The van der Waals surface area contributed by atoms with E-state index in [1.54, 1.807) is 0 Å². The molecule has 2 heterocycles. The average molecular weight is 211 g/mol. The number of fused-ring (bicyclic) bond motifs is 1. The standard InChI is InChI=1S/C11H19N2O2/c1-8-9-7-12-5-6-13(8,9)10(14)15-11(2,3)4/h12H,5-7H2,1-4H3/q+1. The molecule has 4 heteroatoms. The van der Waals surface area contributed by atoms with Crippen LogP contribution in [-0.2, 0) is 4.74 Å². The van der Waals surface area contributed by atoms with E-state index >= 15 is 0 Å². The SMILES string of the molecule is CC1=C2CNCC[N+]12C(=O)OC(C)(C)C. The highest BCUT2D eigenvalue weighted by Gasteiger charge is 2.62. The van der Waals surface area contributed by atoms with E-state index in [4.69, 9.17) is 4.74 Å². The summed E-state index contributed by atoms with van der Waals surface area (Å²) in [6, 6.07) is 0.